The van der Waals surface area contributed by atoms with Crippen LogP contribution >= 0.6 is 0 Å². The van der Waals surface area contributed by atoms with Crippen LogP contribution in [-0.4, -0.2) is 28.3 Å². The SMILES string of the molecule is CC[C@@H](Oc1nc(Oc2cc(OC(C)C)cc(-c3cccc(CN)c3)c2)c(F)cc1F)C(=O)O. The zero-order chi connectivity index (χ0) is 24.8. The molecule has 0 saturated heterocycles. The van der Waals surface area contributed by atoms with Crippen LogP contribution in [0.15, 0.2) is 48.5 Å². The molecule has 7 nitrogen and oxygen atoms in total. The van der Waals surface area contributed by atoms with Gasteiger partial charge in [-0.25, -0.2) is 13.6 Å². The molecule has 0 spiro atoms. The summed E-state index contributed by atoms with van der Waals surface area (Å²) >= 11 is 0. The van der Waals surface area contributed by atoms with Crippen molar-refractivity contribution in [3.63, 3.8) is 0 Å². The number of hydrogen-bond donors (Lipinski definition) is 2. The second-order valence-corrected chi connectivity index (χ2v) is 7.78. The van der Waals surface area contributed by atoms with Gasteiger partial charge in [0.25, 0.3) is 11.8 Å². The normalized spacial score (nSPS) is 11.9. The summed E-state index contributed by atoms with van der Waals surface area (Å²) in [4.78, 5) is 15.0. The number of pyridine rings is 1. The van der Waals surface area contributed by atoms with Crippen molar-refractivity contribution in [2.75, 3.05) is 0 Å². The van der Waals surface area contributed by atoms with Gasteiger partial charge < -0.3 is 25.1 Å². The van der Waals surface area contributed by atoms with E-state index in [-0.39, 0.29) is 18.3 Å². The molecule has 1 heterocycles. The number of carboxylic acid groups (broad SMARTS) is 1. The zero-order valence-electron chi connectivity index (χ0n) is 19.0. The van der Waals surface area contributed by atoms with Crippen LogP contribution in [0.1, 0.15) is 32.8 Å². The van der Waals surface area contributed by atoms with Gasteiger partial charge in [-0.2, -0.15) is 4.98 Å². The topological polar surface area (TPSA) is 104 Å². The number of halogens is 2. The average Bonchev–Trinajstić information content (AvgIpc) is 2.79. The fourth-order valence-electron chi connectivity index (χ4n) is 3.16. The largest absolute Gasteiger partial charge is 0.491 e. The van der Waals surface area contributed by atoms with Crippen LogP contribution in [0.25, 0.3) is 11.1 Å². The number of aliphatic carboxylic acids is 1. The number of carboxylic acids is 1. The number of rotatable bonds is 10. The highest BCUT2D eigenvalue weighted by Gasteiger charge is 2.22. The van der Waals surface area contributed by atoms with E-state index in [1.165, 1.54) is 0 Å². The Bertz CT molecular complexity index is 1170. The van der Waals surface area contributed by atoms with Gasteiger partial charge in [0.2, 0.25) is 0 Å². The first-order valence-corrected chi connectivity index (χ1v) is 10.7. The number of ether oxygens (including phenoxy) is 3. The summed E-state index contributed by atoms with van der Waals surface area (Å²) in [5, 5.41) is 9.16. The fraction of sp³-hybridized carbons (Fsp3) is 0.280. The van der Waals surface area contributed by atoms with Gasteiger partial charge in [0.15, 0.2) is 17.7 Å². The third-order valence-corrected chi connectivity index (χ3v) is 4.73. The van der Waals surface area contributed by atoms with Gasteiger partial charge in [-0.05, 0) is 55.2 Å². The lowest BCUT2D eigenvalue weighted by Gasteiger charge is -2.16. The van der Waals surface area contributed by atoms with Crippen molar-refractivity contribution in [3.05, 3.63) is 65.7 Å². The molecular formula is C25H26F2N2O5. The maximum Gasteiger partial charge on any atom is 0.344 e. The molecule has 3 N–H and O–H groups in total. The standard InChI is InChI=1S/C25H26F2N2O5/c1-4-22(25(30)31)34-24-21(27)12-20(26)23(29-24)33-19-10-17(9-18(11-19)32-14(2)3)16-7-5-6-15(8-16)13-28/h5-12,14,22H,4,13,28H2,1-3H3,(H,30,31)/t22-/m1/s1. The Balaban J connectivity index is 2.00. The Morgan fingerprint density at radius 1 is 1.00 bits per heavy atom. The van der Waals surface area contributed by atoms with Crippen LogP contribution < -0.4 is 19.9 Å². The molecular weight excluding hydrogens is 446 g/mol. The van der Waals surface area contributed by atoms with Gasteiger partial charge in [0.1, 0.15) is 11.5 Å². The first kappa shape index (κ1) is 24.9. The van der Waals surface area contributed by atoms with Gasteiger partial charge >= 0.3 is 5.97 Å². The highest BCUT2D eigenvalue weighted by atomic mass is 19.1. The van der Waals surface area contributed by atoms with E-state index in [9.17, 15) is 13.6 Å². The predicted molar refractivity (Wildman–Crippen MR) is 122 cm³/mol. The highest BCUT2D eigenvalue weighted by Crippen LogP contribution is 2.34. The lowest BCUT2D eigenvalue weighted by molar-refractivity contribution is -0.145. The number of hydrogen-bond acceptors (Lipinski definition) is 6. The molecule has 0 aliphatic rings. The summed E-state index contributed by atoms with van der Waals surface area (Å²) < 4.78 is 45.2. The van der Waals surface area contributed by atoms with Crippen LogP contribution in [0, 0.1) is 11.6 Å². The van der Waals surface area contributed by atoms with E-state index in [4.69, 9.17) is 25.1 Å². The van der Waals surface area contributed by atoms with E-state index in [1.54, 1.807) is 19.1 Å². The van der Waals surface area contributed by atoms with Crippen molar-refractivity contribution < 1.29 is 32.9 Å². The average molecular weight is 472 g/mol. The molecule has 0 amide bonds. The van der Waals surface area contributed by atoms with Crippen LogP contribution in [0.3, 0.4) is 0 Å². The first-order valence-electron chi connectivity index (χ1n) is 10.7. The number of carbonyl (C=O) groups is 1. The Labute approximate surface area is 196 Å². The van der Waals surface area contributed by atoms with Gasteiger partial charge in [-0.15, -0.1) is 0 Å². The van der Waals surface area contributed by atoms with Crippen molar-refractivity contribution in [2.24, 2.45) is 5.73 Å². The lowest BCUT2D eigenvalue weighted by atomic mass is 10.0. The molecule has 3 aromatic rings. The Morgan fingerprint density at radius 2 is 1.71 bits per heavy atom. The van der Waals surface area contributed by atoms with Crippen molar-refractivity contribution in [1.29, 1.82) is 0 Å². The maximum absolute atomic E-state index is 14.5. The molecule has 34 heavy (non-hydrogen) atoms. The van der Waals surface area contributed by atoms with E-state index in [1.807, 2.05) is 44.2 Å². The number of benzene rings is 2. The molecule has 2 aromatic carbocycles. The van der Waals surface area contributed by atoms with Gasteiger partial charge in [-0.3, -0.25) is 0 Å². The third kappa shape index (κ3) is 6.20. The molecule has 0 bridgehead atoms. The summed E-state index contributed by atoms with van der Waals surface area (Å²) in [5.41, 5.74) is 8.24. The molecule has 0 radical (unpaired) electrons. The highest BCUT2D eigenvalue weighted by molar-refractivity contribution is 5.72. The van der Waals surface area contributed by atoms with Crippen LogP contribution in [-0.2, 0) is 11.3 Å². The predicted octanol–water partition coefficient (Wildman–Crippen LogP) is 5.31. The monoisotopic (exact) mass is 472 g/mol. The van der Waals surface area contributed by atoms with Gasteiger partial charge in [0.05, 0.1) is 6.10 Å². The molecule has 3 rings (SSSR count). The van der Waals surface area contributed by atoms with Crippen molar-refractivity contribution in [3.8, 4) is 34.4 Å². The summed E-state index contributed by atoms with van der Waals surface area (Å²) in [6, 6.07) is 13.1. The van der Waals surface area contributed by atoms with Gasteiger partial charge in [0, 0.05) is 18.7 Å². The second kappa shape index (κ2) is 10.9. The molecule has 1 aromatic heterocycles. The molecule has 180 valence electrons. The summed E-state index contributed by atoms with van der Waals surface area (Å²) in [7, 11) is 0. The van der Waals surface area contributed by atoms with Crippen molar-refractivity contribution in [1.82, 2.24) is 4.98 Å². The minimum absolute atomic E-state index is 0.0594. The molecule has 0 aliphatic carbocycles. The molecule has 1 atom stereocenters. The molecule has 0 fully saturated rings. The smallest absolute Gasteiger partial charge is 0.344 e. The zero-order valence-corrected chi connectivity index (χ0v) is 19.0. The Morgan fingerprint density at radius 3 is 2.35 bits per heavy atom. The van der Waals surface area contributed by atoms with E-state index in [0.717, 1.165) is 16.7 Å². The van der Waals surface area contributed by atoms with E-state index in [2.05, 4.69) is 4.98 Å². The second-order valence-electron chi connectivity index (χ2n) is 7.78. The first-order chi connectivity index (χ1) is 16.2. The summed E-state index contributed by atoms with van der Waals surface area (Å²) in [6.45, 7) is 5.64. The van der Waals surface area contributed by atoms with Crippen molar-refractivity contribution >= 4 is 5.97 Å². The Hall–Kier alpha value is -3.72. The van der Waals surface area contributed by atoms with Crippen molar-refractivity contribution in [2.45, 2.75) is 45.9 Å². The maximum atomic E-state index is 14.5. The quantitative estimate of drug-likeness (QED) is 0.412. The van der Waals surface area contributed by atoms with Crippen LogP contribution in [0.4, 0.5) is 8.78 Å². The van der Waals surface area contributed by atoms with Crippen LogP contribution in [0.2, 0.25) is 0 Å². The third-order valence-electron chi connectivity index (χ3n) is 4.73. The minimum atomic E-state index is -1.34. The van der Waals surface area contributed by atoms with E-state index >= 15 is 0 Å². The van der Waals surface area contributed by atoms with Gasteiger partial charge in [-0.1, -0.05) is 25.1 Å². The molecule has 0 saturated carbocycles. The summed E-state index contributed by atoms with van der Waals surface area (Å²) in [6.07, 6.45) is -1.42. The fourth-order valence-corrected chi connectivity index (χ4v) is 3.16. The molecule has 9 heteroatoms. The number of aromatic nitrogens is 1. The number of nitrogens with two attached hydrogens (primary N) is 1. The molecule has 0 unspecified atom stereocenters. The van der Waals surface area contributed by atoms with E-state index in [0.29, 0.717) is 18.4 Å². The Kier molecular flexibility index (Phi) is 8.01. The van der Waals surface area contributed by atoms with E-state index < -0.39 is 35.5 Å². The molecule has 0 aliphatic heterocycles. The van der Waals surface area contributed by atoms with Crippen LogP contribution in [0.5, 0.6) is 23.3 Å². The summed E-state index contributed by atoms with van der Waals surface area (Å²) in [5.74, 6) is -4.09. The lowest BCUT2D eigenvalue weighted by Crippen LogP contribution is -2.26. The minimum Gasteiger partial charge on any atom is -0.491 e. The number of nitrogens with zero attached hydrogens (tertiary/aromatic N) is 1.